The minimum absolute atomic E-state index is 0.0283. The van der Waals surface area contributed by atoms with E-state index in [-0.39, 0.29) is 18.6 Å². The van der Waals surface area contributed by atoms with Crippen molar-refractivity contribution in [1.82, 2.24) is 10.2 Å². The van der Waals surface area contributed by atoms with E-state index in [1.807, 2.05) is 31.2 Å². The average Bonchev–Trinajstić information content (AvgIpc) is 2.74. The van der Waals surface area contributed by atoms with Gasteiger partial charge in [-0.2, -0.15) is 0 Å². The molecule has 6 heteroatoms. The molecule has 6 nitrogen and oxygen atoms in total. The first-order valence-corrected chi connectivity index (χ1v) is 10.2. The fraction of sp³-hybridized carbons (Fsp3) is 0.435. The zero-order valence-corrected chi connectivity index (χ0v) is 17.2. The third kappa shape index (κ3) is 6.76. The number of hydrogen-bond donors (Lipinski definition) is 1. The number of carbonyl (C=O) groups is 1. The summed E-state index contributed by atoms with van der Waals surface area (Å²) in [5.74, 6) is 1.29. The van der Waals surface area contributed by atoms with E-state index in [2.05, 4.69) is 41.4 Å². The Balaban J connectivity index is 1.58. The highest BCUT2D eigenvalue weighted by atomic mass is 16.5. The molecule has 29 heavy (non-hydrogen) atoms. The first kappa shape index (κ1) is 21.1. The molecule has 1 N–H and O–H groups in total. The highest BCUT2D eigenvalue weighted by Crippen LogP contribution is 2.19. The second-order valence-corrected chi connectivity index (χ2v) is 7.14. The number of nitrogens with one attached hydrogen (secondary N) is 1. The molecule has 0 saturated carbocycles. The van der Waals surface area contributed by atoms with Crippen molar-refractivity contribution in [2.24, 2.45) is 0 Å². The lowest BCUT2D eigenvalue weighted by atomic mass is 10.0. The van der Waals surface area contributed by atoms with Crippen molar-refractivity contribution in [2.75, 3.05) is 46.1 Å². The van der Waals surface area contributed by atoms with Crippen LogP contribution in [-0.4, -0.2) is 56.9 Å². The van der Waals surface area contributed by atoms with Crippen molar-refractivity contribution < 1.29 is 19.0 Å². The molecular weight excluding hydrogens is 368 g/mol. The van der Waals surface area contributed by atoms with E-state index in [0.29, 0.717) is 12.4 Å². The lowest BCUT2D eigenvalue weighted by molar-refractivity contribution is -0.124. The fourth-order valence-electron chi connectivity index (χ4n) is 3.26. The van der Waals surface area contributed by atoms with Gasteiger partial charge in [-0.05, 0) is 43.7 Å². The van der Waals surface area contributed by atoms with Crippen molar-refractivity contribution >= 4 is 5.91 Å². The molecule has 1 aliphatic heterocycles. The van der Waals surface area contributed by atoms with Gasteiger partial charge in [0.05, 0.1) is 25.9 Å². The van der Waals surface area contributed by atoms with Crippen LogP contribution in [0.4, 0.5) is 0 Å². The number of hydrogen-bond acceptors (Lipinski definition) is 5. The van der Waals surface area contributed by atoms with Gasteiger partial charge in [0.2, 0.25) is 0 Å². The van der Waals surface area contributed by atoms with Crippen LogP contribution in [0.5, 0.6) is 11.5 Å². The van der Waals surface area contributed by atoms with Crippen LogP contribution in [0.15, 0.2) is 48.5 Å². The number of ether oxygens (including phenoxy) is 3. The van der Waals surface area contributed by atoms with Gasteiger partial charge in [-0.15, -0.1) is 0 Å². The van der Waals surface area contributed by atoms with Gasteiger partial charge in [-0.1, -0.05) is 29.8 Å². The van der Waals surface area contributed by atoms with Crippen molar-refractivity contribution in [2.45, 2.75) is 19.9 Å². The average molecular weight is 399 g/mol. The summed E-state index contributed by atoms with van der Waals surface area (Å²) in [6.45, 7) is 8.56. The number of nitrogens with zero attached hydrogens (tertiary/aromatic N) is 1. The monoisotopic (exact) mass is 398 g/mol. The van der Waals surface area contributed by atoms with Crippen molar-refractivity contribution in [3.05, 3.63) is 59.7 Å². The van der Waals surface area contributed by atoms with E-state index in [1.165, 1.54) is 5.56 Å². The summed E-state index contributed by atoms with van der Waals surface area (Å²) in [5.41, 5.74) is 2.29. The van der Waals surface area contributed by atoms with Crippen LogP contribution in [0.1, 0.15) is 24.1 Å². The Bertz CT molecular complexity index is 755. The van der Waals surface area contributed by atoms with Gasteiger partial charge in [0.25, 0.3) is 5.91 Å². The van der Waals surface area contributed by atoms with E-state index < -0.39 is 0 Å². The lowest BCUT2D eigenvalue weighted by Gasteiger charge is -2.31. The van der Waals surface area contributed by atoms with Crippen LogP contribution < -0.4 is 14.8 Å². The quantitative estimate of drug-likeness (QED) is 0.704. The predicted octanol–water partition coefficient (Wildman–Crippen LogP) is 2.96. The van der Waals surface area contributed by atoms with E-state index in [4.69, 9.17) is 14.2 Å². The summed E-state index contributed by atoms with van der Waals surface area (Å²) >= 11 is 0. The van der Waals surface area contributed by atoms with Gasteiger partial charge in [0.15, 0.2) is 6.61 Å². The first-order chi connectivity index (χ1) is 14.1. The molecule has 0 spiro atoms. The normalized spacial score (nSPS) is 15.5. The van der Waals surface area contributed by atoms with E-state index in [0.717, 1.165) is 44.2 Å². The van der Waals surface area contributed by atoms with Crippen LogP contribution >= 0.6 is 0 Å². The molecule has 1 saturated heterocycles. The van der Waals surface area contributed by atoms with Gasteiger partial charge >= 0.3 is 0 Å². The van der Waals surface area contributed by atoms with Crippen LogP contribution in [0.2, 0.25) is 0 Å². The van der Waals surface area contributed by atoms with Crippen LogP contribution in [-0.2, 0) is 9.53 Å². The highest BCUT2D eigenvalue weighted by molar-refractivity contribution is 5.78. The Kier molecular flexibility index (Phi) is 7.90. The Labute approximate surface area is 172 Å². The number of rotatable bonds is 9. The van der Waals surface area contributed by atoms with Crippen LogP contribution in [0.3, 0.4) is 0 Å². The molecule has 0 aromatic heterocycles. The molecule has 1 amide bonds. The maximum atomic E-state index is 12.6. The van der Waals surface area contributed by atoms with Crippen molar-refractivity contribution in [3.63, 3.8) is 0 Å². The molecule has 1 aliphatic rings. The lowest BCUT2D eigenvalue weighted by Crippen LogP contribution is -2.44. The van der Waals surface area contributed by atoms with Gasteiger partial charge in [-0.3, -0.25) is 9.69 Å². The molecule has 156 valence electrons. The largest absolute Gasteiger partial charge is 0.494 e. The Morgan fingerprint density at radius 3 is 2.28 bits per heavy atom. The van der Waals surface area contributed by atoms with E-state index in [9.17, 15) is 4.79 Å². The van der Waals surface area contributed by atoms with Gasteiger partial charge in [0, 0.05) is 19.6 Å². The number of aryl methyl sites for hydroxylation is 1. The smallest absolute Gasteiger partial charge is 0.258 e. The first-order valence-electron chi connectivity index (χ1n) is 10.2. The molecule has 0 aliphatic carbocycles. The summed E-state index contributed by atoms with van der Waals surface area (Å²) < 4.78 is 16.5. The minimum Gasteiger partial charge on any atom is -0.494 e. The standard InChI is InChI=1S/C23H30N2O4/c1-3-28-20-8-10-21(11-9-20)29-17-23(26)24-22(16-25-12-14-27-15-13-25)19-6-4-18(2)5-7-19/h4-11,22H,3,12-17H2,1-2H3,(H,24,26)/t22-/m1/s1. The SMILES string of the molecule is CCOc1ccc(OCC(=O)N[C@H](CN2CCOCC2)c2ccc(C)cc2)cc1. The zero-order chi connectivity index (χ0) is 20.5. The molecule has 0 bridgehead atoms. The molecule has 2 aromatic rings. The van der Waals surface area contributed by atoms with E-state index >= 15 is 0 Å². The third-order valence-electron chi connectivity index (χ3n) is 4.86. The third-order valence-corrected chi connectivity index (χ3v) is 4.86. The van der Waals surface area contributed by atoms with Crippen LogP contribution in [0, 0.1) is 6.92 Å². The van der Waals surface area contributed by atoms with Crippen molar-refractivity contribution in [3.8, 4) is 11.5 Å². The minimum atomic E-state index is -0.141. The predicted molar refractivity (Wildman–Crippen MR) is 112 cm³/mol. The molecular formula is C23H30N2O4. The maximum absolute atomic E-state index is 12.6. The van der Waals surface area contributed by atoms with E-state index in [1.54, 1.807) is 0 Å². The second kappa shape index (κ2) is 10.8. The molecule has 3 rings (SSSR count). The highest BCUT2D eigenvalue weighted by Gasteiger charge is 2.20. The molecule has 1 heterocycles. The number of carbonyl (C=O) groups excluding carboxylic acids is 1. The van der Waals surface area contributed by atoms with Gasteiger partial charge in [-0.25, -0.2) is 0 Å². The Morgan fingerprint density at radius 2 is 1.66 bits per heavy atom. The fourth-order valence-corrected chi connectivity index (χ4v) is 3.26. The summed E-state index contributed by atoms with van der Waals surface area (Å²) in [5, 5.41) is 3.13. The zero-order valence-electron chi connectivity index (χ0n) is 17.2. The molecule has 1 fully saturated rings. The van der Waals surface area contributed by atoms with Gasteiger partial charge in [0.1, 0.15) is 11.5 Å². The molecule has 0 radical (unpaired) electrons. The summed E-state index contributed by atoms with van der Waals surface area (Å²) in [7, 11) is 0. The summed E-state index contributed by atoms with van der Waals surface area (Å²) in [6.07, 6.45) is 0. The second-order valence-electron chi connectivity index (χ2n) is 7.14. The topological polar surface area (TPSA) is 60.0 Å². The van der Waals surface area contributed by atoms with Crippen LogP contribution in [0.25, 0.3) is 0 Å². The van der Waals surface area contributed by atoms with Crippen molar-refractivity contribution in [1.29, 1.82) is 0 Å². The maximum Gasteiger partial charge on any atom is 0.258 e. The number of benzene rings is 2. The Morgan fingerprint density at radius 1 is 1.03 bits per heavy atom. The summed E-state index contributed by atoms with van der Waals surface area (Å²) in [6, 6.07) is 15.5. The molecule has 2 aromatic carbocycles. The molecule has 0 unspecified atom stereocenters. The molecule has 1 atom stereocenters. The van der Waals surface area contributed by atoms with Gasteiger partial charge < -0.3 is 19.5 Å². The Hall–Kier alpha value is -2.57. The summed E-state index contributed by atoms with van der Waals surface area (Å²) in [4.78, 5) is 14.9. The number of amides is 1. The number of morpholine rings is 1.